The van der Waals surface area contributed by atoms with Crippen molar-refractivity contribution in [1.29, 1.82) is 0 Å². The maximum atomic E-state index is 5.87. The first-order valence-corrected chi connectivity index (χ1v) is 8.88. The second kappa shape index (κ2) is 6.89. The molecule has 0 saturated carbocycles. The van der Waals surface area contributed by atoms with Crippen LogP contribution in [-0.2, 0) is 0 Å². The molecule has 0 saturated heterocycles. The molecular formula is C19H16N6S. The second-order valence-electron chi connectivity index (χ2n) is 5.76. The van der Waals surface area contributed by atoms with Crippen molar-refractivity contribution in [2.24, 2.45) is 0 Å². The molecule has 3 aromatic heterocycles. The Bertz CT molecular complexity index is 1050. The Morgan fingerprint density at radius 3 is 2.73 bits per heavy atom. The third-order valence-corrected chi connectivity index (χ3v) is 4.70. The Morgan fingerprint density at radius 1 is 1.00 bits per heavy atom. The van der Waals surface area contributed by atoms with Crippen LogP contribution in [-0.4, -0.2) is 19.9 Å². The molecule has 0 spiro atoms. The number of aryl methyl sites for hydroxylation is 1. The number of pyridine rings is 1. The molecule has 7 heteroatoms. The van der Waals surface area contributed by atoms with E-state index in [1.54, 1.807) is 36.1 Å². The SMILES string of the molecule is Cc1ccc(N)cc1Nc1nccc(-c2cncc(-c3nccs3)c2)n1. The number of nitrogens with zero attached hydrogens (tertiary/aromatic N) is 4. The molecule has 0 unspecified atom stereocenters. The molecule has 0 aliphatic carbocycles. The molecule has 4 aromatic rings. The largest absolute Gasteiger partial charge is 0.399 e. The summed E-state index contributed by atoms with van der Waals surface area (Å²) in [5.74, 6) is 0.510. The number of nitrogen functional groups attached to an aromatic ring is 1. The van der Waals surface area contributed by atoms with Gasteiger partial charge in [0.05, 0.1) is 5.69 Å². The Labute approximate surface area is 154 Å². The Morgan fingerprint density at radius 2 is 1.88 bits per heavy atom. The number of anilines is 3. The normalized spacial score (nSPS) is 10.7. The fourth-order valence-corrected chi connectivity index (χ4v) is 3.16. The minimum atomic E-state index is 0.510. The van der Waals surface area contributed by atoms with Crippen LogP contribution in [0.3, 0.4) is 0 Å². The van der Waals surface area contributed by atoms with Gasteiger partial charge in [0.15, 0.2) is 0 Å². The van der Waals surface area contributed by atoms with Crippen molar-refractivity contribution < 1.29 is 0 Å². The molecule has 0 fully saturated rings. The Balaban J connectivity index is 1.66. The maximum absolute atomic E-state index is 5.87. The molecule has 3 N–H and O–H groups in total. The first-order chi connectivity index (χ1) is 12.7. The van der Waals surface area contributed by atoms with E-state index < -0.39 is 0 Å². The highest BCUT2D eigenvalue weighted by Gasteiger charge is 2.08. The van der Waals surface area contributed by atoms with Crippen molar-refractivity contribution in [1.82, 2.24) is 19.9 Å². The summed E-state index contributed by atoms with van der Waals surface area (Å²) in [6, 6.07) is 9.59. The molecule has 0 atom stereocenters. The first-order valence-electron chi connectivity index (χ1n) is 8.00. The van der Waals surface area contributed by atoms with Crippen molar-refractivity contribution in [2.45, 2.75) is 6.92 Å². The van der Waals surface area contributed by atoms with Crippen LogP contribution in [0.4, 0.5) is 17.3 Å². The van der Waals surface area contributed by atoms with Crippen LogP contribution in [0.5, 0.6) is 0 Å². The first kappa shape index (κ1) is 16.2. The summed E-state index contributed by atoms with van der Waals surface area (Å²) in [4.78, 5) is 17.6. The zero-order valence-corrected chi connectivity index (χ0v) is 14.9. The molecule has 0 radical (unpaired) electrons. The summed E-state index contributed by atoms with van der Waals surface area (Å²) in [6.45, 7) is 2.01. The average Bonchev–Trinajstić information content (AvgIpc) is 3.20. The number of hydrogen-bond donors (Lipinski definition) is 2. The highest BCUT2D eigenvalue weighted by atomic mass is 32.1. The molecule has 1 aromatic carbocycles. The number of benzene rings is 1. The van der Waals surface area contributed by atoms with Gasteiger partial charge in [-0.3, -0.25) is 4.98 Å². The molecule has 0 amide bonds. The predicted molar refractivity (Wildman–Crippen MR) is 105 cm³/mol. The summed E-state index contributed by atoms with van der Waals surface area (Å²) in [5, 5.41) is 6.11. The van der Waals surface area contributed by atoms with Crippen molar-refractivity contribution in [2.75, 3.05) is 11.1 Å². The fraction of sp³-hybridized carbons (Fsp3) is 0.0526. The standard InChI is InChI=1S/C19H16N6S/c1-12-2-3-15(20)9-17(12)25-19-23-5-4-16(24-19)13-8-14(11-21-10-13)18-22-6-7-26-18/h2-11H,20H2,1H3,(H,23,24,25). The highest BCUT2D eigenvalue weighted by Crippen LogP contribution is 2.27. The van der Waals surface area contributed by atoms with Crippen molar-refractivity contribution in [3.63, 3.8) is 0 Å². The summed E-state index contributed by atoms with van der Waals surface area (Å²) in [5.41, 5.74) is 11.2. The van der Waals surface area contributed by atoms with Gasteiger partial charge in [-0.15, -0.1) is 11.3 Å². The van der Waals surface area contributed by atoms with Gasteiger partial charge in [0.25, 0.3) is 0 Å². The van der Waals surface area contributed by atoms with Gasteiger partial charge in [0, 0.05) is 52.7 Å². The average molecular weight is 360 g/mol. The molecule has 4 rings (SSSR count). The number of nitrogens with two attached hydrogens (primary N) is 1. The molecule has 6 nitrogen and oxygen atoms in total. The van der Waals surface area contributed by atoms with Gasteiger partial charge in [-0.25, -0.2) is 15.0 Å². The van der Waals surface area contributed by atoms with Gasteiger partial charge in [-0.05, 0) is 36.8 Å². The Kier molecular flexibility index (Phi) is 4.28. The zero-order valence-electron chi connectivity index (χ0n) is 14.0. The van der Waals surface area contributed by atoms with Crippen LogP contribution in [0.1, 0.15) is 5.56 Å². The van der Waals surface area contributed by atoms with E-state index >= 15 is 0 Å². The minimum absolute atomic E-state index is 0.510. The molecular weight excluding hydrogens is 344 g/mol. The zero-order chi connectivity index (χ0) is 17.9. The lowest BCUT2D eigenvalue weighted by Crippen LogP contribution is -2.00. The summed E-state index contributed by atoms with van der Waals surface area (Å²) in [6.07, 6.45) is 7.10. The number of hydrogen-bond acceptors (Lipinski definition) is 7. The topological polar surface area (TPSA) is 89.6 Å². The van der Waals surface area contributed by atoms with Gasteiger partial charge >= 0.3 is 0 Å². The minimum Gasteiger partial charge on any atom is -0.399 e. The van der Waals surface area contributed by atoms with Gasteiger partial charge in [0.1, 0.15) is 5.01 Å². The number of nitrogens with one attached hydrogen (secondary N) is 1. The van der Waals surface area contributed by atoms with Crippen molar-refractivity contribution in [3.05, 3.63) is 66.1 Å². The van der Waals surface area contributed by atoms with Crippen LogP contribution in [0, 0.1) is 6.92 Å². The number of aromatic nitrogens is 4. The van der Waals surface area contributed by atoms with E-state index in [0.717, 1.165) is 33.1 Å². The lowest BCUT2D eigenvalue weighted by atomic mass is 10.1. The van der Waals surface area contributed by atoms with E-state index in [-0.39, 0.29) is 0 Å². The maximum Gasteiger partial charge on any atom is 0.227 e. The van der Waals surface area contributed by atoms with Gasteiger partial charge < -0.3 is 11.1 Å². The fourth-order valence-electron chi connectivity index (χ4n) is 2.54. The predicted octanol–water partition coefficient (Wildman–Crippen LogP) is 4.30. The van der Waals surface area contributed by atoms with E-state index in [1.165, 1.54) is 0 Å². The van der Waals surface area contributed by atoms with Crippen LogP contribution in [0.25, 0.3) is 21.8 Å². The van der Waals surface area contributed by atoms with E-state index in [9.17, 15) is 0 Å². The second-order valence-corrected chi connectivity index (χ2v) is 6.66. The van der Waals surface area contributed by atoms with Crippen molar-refractivity contribution >= 4 is 28.7 Å². The van der Waals surface area contributed by atoms with E-state index in [0.29, 0.717) is 11.6 Å². The van der Waals surface area contributed by atoms with Crippen LogP contribution >= 0.6 is 11.3 Å². The molecule has 0 aliphatic rings. The van der Waals surface area contributed by atoms with Crippen molar-refractivity contribution in [3.8, 4) is 21.8 Å². The number of rotatable bonds is 4. The monoisotopic (exact) mass is 360 g/mol. The lowest BCUT2D eigenvalue weighted by Gasteiger charge is -2.10. The molecule has 0 bridgehead atoms. The van der Waals surface area contributed by atoms with E-state index in [4.69, 9.17) is 5.73 Å². The van der Waals surface area contributed by atoms with Gasteiger partial charge in [0.2, 0.25) is 5.95 Å². The van der Waals surface area contributed by atoms with Crippen LogP contribution in [0.15, 0.2) is 60.5 Å². The number of thiazole rings is 1. The van der Waals surface area contributed by atoms with Gasteiger partial charge in [-0.1, -0.05) is 6.07 Å². The highest BCUT2D eigenvalue weighted by molar-refractivity contribution is 7.13. The quantitative estimate of drug-likeness (QED) is 0.528. The lowest BCUT2D eigenvalue weighted by molar-refractivity contribution is 1.16. The third-order valence-electron chi connectivity index (χ3n) is 3.88. The molecule has 0 aliphatic heterocycles. The Hall–Kier alpha value is -3.32. The summed E-state index contributed by atoms with van der Waals surface area (Å²) < 4.78 is 0. The third kappa shape index (κ3) is 3.38. The molecule has 128 valence electrons. The van der Waals surface area contributed by atoms with Crippen LogP contribution in [0.2, 0.25) is 0 Å². The van der Waals surface area contributed by atoms with Crippen LogP contribution < -0.4 is 11.1 Å². The summed E-state index contributed by atoms with van der Waals surface area (Å²) in [7, 11) is 0. The molecule has 3 heterocycles. The van der Waals surface area contributed by atoms with Gasteiger partial charge in [-0.2, -0.15) is 0 Å². The smallest absolute Gasteiger partial charge is 0.227 e. The molecule has 26 heavy (non-hydrogen) atoms. The summed E-state index contributed by atoms with van der Waals surface area (Å²) >= 11 is 1.58. The van der Waals surface area contributed by atoms with E-state index in [1.807, 2.05) is 42.6 Å². The van der Waals surface area contributed by atoms with E-state index in [2.05, 4.69) is 25.3 Å².